The van der Waals surface area contributed by atoms with Gasteiger partial charge in [0.1, 0.15) is 5.92 Å². The van der Waals surface area contributed by atoms with Crippen LogP contribution in [0.25, 0.3) is 0 Å². The molecule has 0 spiro atoms. The molecule has 1 aromatic rings. The molecule has 0 aliphatic rings. The molecule has 0 radical (unpaired) electrons. The maximum Gasteiger partial charge on any atom is 0.242 e. The Morgan fingerprint density at radius 2 is 2.00 bits per heavy atom. The highest BCUT2D eigenvalue weighted by Crippen LogP contribution is 2.15. The van der Waals surface area contributed by atoms with Crippen molar-refractivity contribution in [1.82, 2.24) is 5.32 Å². The van der Waals surface area contributed by atoms with Crippen molar-refractivity contribution in [2.45, 2.75) is 25.8 Å². The maximum atomic E-state index is 12.0. The van der Waals surface area contributed by atoms with E-state index in [4.69, 9.17) is 5.26 Å². The first-order chi connectivity index (χ1) is 8.60. The molecule has 2 N–H and O–H groups in total. The summed E-state index contributed by atoms with van der Waals surface area (Å²) in [6.07, 6.45) is 0. The van der Waals surface area contributed by atoms with E-state index >= 15 is 0 Å². The van der Waals surface area contributed by atoms with E-state index in [0.717, 1.165) is 0 Å². The van der Waals surface area contributed by atoms with Crippen molar-refractivity contribution in [2.75, 3.05) is 6.61 Å². The summed E-state index contributed by atoms with van der Waals surface area (Å²) in [5.41, 5.74) is 0.665. The van der Waals surface area contributed by atoms with Crippen LogP contribution in [-0.4, -0.2) is 23.7 Å². The minimum absolute atomic E-state index is 0.120. The molecule has 4 nitrogen and oxygen atoms in total. The summed E-state index contributed by atoms with van der Waals surface area (Å²) in [4.78, 5) is 12.0. The summed E-state index contributed by atoms with van der Waals surface area (Å²) >= 11 is 0. The van der Waals surface area contributed by atoms with Gasteiger partial charge in [-0.2, -0.15) is 5.26 Å². The van der Waals surface area contributed by atoms with Gasteiger partial charge in [-0.05, 0) is 11.5 Å². The third-order valence-electron chi connectivity index (χ3n) is 2.85. The first-order valence-electron chi connectivity index (χ1n) is 5.96. The predicted octanol–water partition coefficient (Wildman–Crippen LogP) is 1.43. The summed E-state index contributed by atoms with van der Waals surface area (Å²) in [6.45, 7) is 3.69. The molecule has 96 valence electrons. The first kappa shape index (κ1) is 14.2. The van der Waals surface area contributed by atoms with Crippen LogP contribution in [0.4, 0.5) is 0 Å². The number of rotatable bonds is 5. The van der Waals surface area contributed by atoms with Gasteiger partial charge >= 0.3 is 0 Å². The number of aliphatic hydroxyl groups excluding tert-OH is 1. The van der Waals surface area contributed by atoms with Gasteiger partial charge in [0, 0.05) is 0 Å². The van der Waals surface area contributed by atoms with Gasteiger partial charge in [0.05, 0.1) is 18.7 Å². The molecule has 0 heterocycles. The normalized spacial score (nSPS) is 13.7. The second-order valence-corrected chi connectivity index (χ2v) is 4.51. The van der Waals surface area contributed by atoms with Crippen molar-refractivity contribution in [3.8, 4) is 6.07 Å². The van der Waals surface area contributed by atoms with Crippen molar-refractivity contribution >= 4 is 5.91 Å². The van der Waals surface area contributed by atoms with Gasteiger partial charge in [0.2, 0.25) is 5.91 Å². The number of nitrogens with zero attached hydrogens (tertiary/aromatic N) is 1. The Morgan fingerprint density at radius 1 is 1.39 bits per heavy atom. The molecule has 0 aromatic heterocycles. The van der Waals surface area contributed by atoms with Crippen molar-refractivity contribution in [2.24, 2.45) is 5.92 Å². The zero-order chi connectivity index (χ0) is 13.5. The SMILES string of the molecule is CC(C)[C@@H](CO)NC(=O)C(C#N)c1ccccc1. The van der Waals surface area contributed by atoms with Crippen molar-refractivity contribution in [1.29, 1.82) is 5.26 Å². The lowest BCUT2D eigenvalue weighted by atomic mass is 9.98. The van der Waals surface area contributed by atoms with Gasteiger partial charge < -0.3 is 10.4 Å². The van der Waals surface area contributed by atoms with Crippen LogP contribution in [0.1, 0.15) is 25.3 Å². The number of hydrogen-bond acceptors (Lipinski definition) is 3. The van der Waals surface area contributed by atoms with Gasteiger partial charge in [-0.25, -0.2) is 0 Å². The third-order valence-corrected chi connectivity index (χ3v) is 2.85. The second-order valence-electron chi connectivity index (χ2n) is 4.51. The number of nitrogens with one attached hydrogen (secondary N) is 1. The Bertz CT molecular complexity index is 423. The highest BCUT2D eigenvalue weighted by molar-refractivity contribution is 5.86. The summed E-state index contributed by atoms with van der Waals surface area (Å²) in [6, 6.07) is 10.6. The molecule has 1 unspecified atom stereocenters. The highest BCUT2D eigenvalue weighted by Gasteiger charge is 2.23. The molecule has 2 atom stereocenters. The lowest BCUT2D eigenvalue weighted by Crippen LogP contribution is -2.43. The topological polar surface area (TPSA) is 73.1 Å². The largest absolute Gasteiger partial charge is 0.394 e. The van der Waals surface area contributed by atoms with Crippen LogP contribution in [0.5, 0.6) is 0 Å². The summed E-state index contributed by atoms with van der Waals surface area (Å²) < 4.78 is 0. The van der Waals surface area contributed by atoms with E-state index in [1.807, 2.05) is 26.0 Å². The van der Waals surface area contributed by atoms with Crippen LogP contribution >= 0.6 is 0 Å². The average Bonchev–Trinajstić information content (AvgIpc) is 2.37. The predicted molar refractivity (Wildman–Crippen MR) is 68.7 cm³/mol. The summed E-state index contributed by atoms with van der Waals surface area (Å²) in [5.74, 6) is -1.08. The molecular formula is C14H18N2O2. The Labute approximate surface area is 107 Å². The number of carbonyl (C=O) groups excluding carboxylic acids is 1. The van der Waals surface area contributed by atoms with E-state index in [-0.39, 0.29) is 24.5 Å². The molecule has 18 heavy (non-hydrogen) atoms. The van der Waals surface area contributed by atoms with Crippen LogP contribution in [0, 0.1) is 17.2 Å². The van der Waals surface area contributed by atoms with E-state index in [0.29, 0.717) is 5.56 Å². The first-order valence-corrected chi connectivity index (χ1v) is 5.96. The molecule has 0 aliphatic heterocycles. The molecule has 1 rings (SSSR count). The Kier molecular flexibility index (Phi) is 5.34. The molecule has 0 aliphatic carbocycles. The van der Waals surface area contributed by atoms with Crippen LogP contribution < -0.4 is 5.32 Å². The lowest BCUT2D eigenvalue weighted by Gasteiger charge is -2.21. The molecule has 1 aromatic carbocycles. The van der Waals surface area contributed by atoms with Gasteiger partial charge in [-0.3, -0.25) is 4.79 Å². The Morgan fingerprint density at radius 3 is 2.44 bits per heavy atom. The van der Waals surface area contributed by atoms with Crippen molar-refractivity contribution < 1.29 is 9.90 Å². The van der Waals surface area contributed by atoms with E-state index in [1.54, 1.807) is 24.3 Å². The van der Waals surface area contributed by atoms with Crippen molar-refractivity contribution in [3.05, 3.63) is 35.9 Å². The van der Waals surface area contributed by atoms with Gasteiger partial charge in [-0.15, -0.1) is 0 Å². The number of aliphatic hydroxyl groups is 1. The fourth-order valence-corrected chi connectivity index (χ4v) is 1.62. The molecule has 1 amide bonds. The van der Waals surface area contributed by atoms with Crippen LogP contribution in [-0.2, 0) is 4.79 Å². The fourth-order valence-electron chi connectivity index (χ4n) is 1.62. The quantitative estimate of drug-likeness (QED) is 0.825. The molecule has 0 bridgehead atoms. The number of nitriles is 1. The highest BCUT2D eigenvalue weighted by atomic mass is 16.3. The standard InChI is InChI=1S/C14H18N2O2/c1-10(2)13(9-17)16-14(18)12(8-15)11-6-4-3-5-7-11/h3-7,10,12-13,17H,9H2,1-2H3,(H,16,18)/t12?,13-/m1/s1. The summed E-state index contributed by atoms with van der Waals surface area (Å²) in [7, 11) is 0. The van der Waals surface area contributed by atoms with Crippen LogP contribution in [0.2, 0.25) is 0 Å². The lowest BCUT2D eigenvalue weighted by molar-refractivity contribution is -0.122. The zero-order valence-electron chi connectivity index (χ0n) is 10.6. The van der Waals surface area contributed by atoms with E-state index < -0.39 is 5.92 Å². The smallest absolute Gasteiger partial charge is 0.242 e. The number of carbonyl (C=O) groups is 1. The average molecular weight is 246 g/mol. The monoisotopic (exact) mass is 246 g/mol. The van der Waals surface area contributed by atoms with E-state index in [9.17, 15) is 9.90 Å². The summed E-state index contributed by atoms with van der Waals surface area (Å²) in [5, 5.41) is 21.0. The minimum atomic E-state index is -0.834. The molecule has 0 fully saturated rings. The van der Waals surface area contributed by atoms with Gasteiger partial charge in [0.15, 0.2) is 0 Å². The van der Waals surface area contributed by atoms with E-state index in [2.05, 4.69) is 5.32 Å². The third kappa shape index (κ3) is 3.57. The van der Waals surface area contributed by atoms with Gasteiger partial charge in [-0.1, -0.05) is 44.2 Å². The van der Waals surface area contributed by atoms with Crippen LogP contribution in [0.15, 0.2) is 30.3 Å². The zero-order valence-corrected chi connectivity index (χ0v) is 10.6. The minimum Gasteiger partial charge on any atom is -0.394 e. The molecule has 4 heteroatoms. The number of benzene rings is 1. The number of hydrogen-bond donors (Lipinski definition) is 2. The van der Waals surface area contributed by atoms with Crippen LogP contribution in [0.3, 0.4) is 0 Å². The molecular weight excluding hydrogens is 228 g/mol. The Hall–Kier alpha value is -1.86. The molecule has 0 saturated heterocycles. The van der Waals surface area contributed by atoms with E-state index in [1.165, 1.54) is 0 Å². The second kappa shape index (κ2) is 6.77. The van der Waals surface area contributed by atoms with Gasteiger partial charge in [0.25, 0.3) is 0 Å². The fraction of sp³-hybridized carbons (Fsp3) is 0.429. The maximum absolute atomic E-state index is 12.0. The Balaban J connectivity index is 2.79. The van der Waals surface area contributed by atoms with Crippen molar-refractivity contribution in [3.63, 3.8) is 0 Å². The molecule has 0 saturated carbocycles. The number of amides is 1.